The molecule has 0 saturated carbocycles. The molecule has 30 heavy (non-hydrogen) atoms. The van der Waals surface area contributed by atoms with E-state index >= 15 is 0 Å². The van der Waals surface area contributed by atoms with E-state index < -0.39 is 0 Å². The van der Waals surface area contributed by atoms with Crippen molar-refractivity contribution in [1.82, 2.24) is 0 Å². The molecule has 0 aliphatic carbocycles. The molecule has 2 aromatic rings. The van der Waals surface area contributed by atoms with Gasteiger partial charge in [-0.15, -0.1) is 0 Å². The molecule has 0 heterocycles. The normalized spacial score (nSPS) is 10.3. The lowest BCUT2D eigenvalue weighted by Gasteiger charge is -2.17. The minimum Gasteiger partial charge on any atom is -0.506 e. The lowest BCUT2D eigenvalue weighted by atomic mass is 10.0. The van der Waals surface area contributed by atoms with Gasteiger partial charge in [-0.2, -0.15) is 5.10 Å². The number of nitrogens with zero attached hydrogens (tertiary/aromatic N) is 2. The monoisotopic (exact) mass is 452 g/mol. The average molecular weight is 453 g/mol. The number of benzene rings is 2. The van der Waals surface area contributed by atoms with Gasteiger partial charge in [0.1, 0.15) is 23.8 Å². The van der Waals surface area contributed by atoms with Crippen LogP contribution in [-0.2, 0) is 11.2 Å². The van der Waals surface area contributed by atoms with Crippen molar-refractivity contribution in [2.24, 2.45) is 5.10 Å². The Morgan fingerprint density at radius 3 is 2.43 bits per heavy atom. The van der Waals surface area contributed by atoms with Gasteiger partial charge in [0, 0.05) is 36.0 Å². The van der Waals surface area contributed by atoms with E-state index in [1.807, 2.05) is 6.07 Å². The van der Waals surface area contributed by atoms with Crippen LogP contribution in [0, 0.1) is 0 Å². The quantitative estimate of drug-likeness (QED) is 0.293. The van der Waals surface area contributed by atoms with E-state index in [4.69, 9.17) is 33.0 Å². The van der Waals surface area contributed by atoms with Gasteiger partial charge in [-0.3, -0.25) is 4.79 Å². The Hall–Kier alpha value is -2.54. The summed E-state index contributed by atoms with van der Waals surface area (Å²) in [5.41, 5.74) is 2.12. The number of aliphatic hydroxyl groups is 1. The predicted octanol–water partition coefficient (Wildman–Crippen LogP) is 5.21. The number of carbonyl (C=O) groups is 1. The van der Waals surface area contributed by atoms with Gasteiger partial charge in [-0.1, -0.05) is 49.2 Å². The number of rotatable bonds is 10. The maximum absolute atomic E-state index is 10.4. The molecule has 0 spiro atoms. The van der Waals surface area contributed by atoms with Crippen LogP contribution in [0.25, 0.3) is 0 Å². The highest BCUT2D eigenvalue weighted by Crippen LogP contribution is 2.34. The lowest BCUT2D eigenvalue weighted by molar-refractivity contribution is -0.109. The first kappa shape index (κ1) is 25.5. The zero-order chi connectivity index (χ0) is 22.5. The first-order chi connectivity index (χ1) is 14.5. The number of aliphatic hydroxyl groups excluding tert-OH is 1. The smallest absolute Gasteiger partial charge is 0.157 e. The van der Waals surface area contributed by atoms with E-state index in [0.717, 1.165) is 31.1 Å². The third-order valence-electron chi connectivity index (χ3n) is 3.90. The number of anilines is 1. The molecule has 0 bridgehead atoms. The number of aromatic hydroxyl groups is 1. The Balaban J connectivity index is 0.00000218. The first-order valence-corrected chi connectivity index (χ1v) is 10.0. The molecule has 2 rings (SSSR count). The van der Waals surface area contributed by atoms with Crippen molar-refractivity contribution in [3.63, 3.8) is 0 Å². The Labute approximate surface area is 187 Å². The maximum atomic E-state index is 10.4. The number of hydrogen-bond donors (Lipinski definition) is 2. The highest BCUT2D eigenvalue weighted by Gasteiger charge is 2.13. The van der Waals surface area contributed by atoms with Gasteiger partial charge in [0.25, 0.3) is 0 Å². The maximum Gasteiger partial charge on any atom is 0.157 e. The van der Waals surface area contributed by atoms with Gasteiger partial charge in [0.2, 0.25) is 0 Å². The van der Waals surface area contributed by atoms with Crippen molar-refractivity contribution in [2.45, 2.75) is 26.2 Å². The topological polar surface area (TPSA) is 82.4 Å². The third-order valence-corrected chi connectivity index (χ3v) is 4.57. The first-order valence-electron chi connectivity index (χ1n) is 9.25. The molecule has 0 fully saturated rings. The van der Waals surface area contributed by atoms with Crippen molar-refractivity contribution in [1.29, 1.82) is 0 Å². The van der Waals surface area contributed by atoms with Crippen LogP contribution in [0.5, 0.6) is 11.5 Å². The molecule has 0 saturated heterocycles. The molecular formula is C22H26Cl2N2O4. The molecule has 2 N–H and O–H groups in total. The van der Waals surface area contributed by atoms with Crippen LogP contribution in [0.3, 0.4) is 0 Å². The molecule has 0 unspecified atom stereocenters. The van der Waals surface area contributed by atoms with Gasteiger partial charge < -0.3 is 14.9 Å². The number of carbonyl (C=O) groups excluding carboxylic acids is 1. The number of hydrogen-bond acceptors (Lipinski definition) is 6. The number of halogens is 2. The summed E-state index contributed by atoms with van der Waals surface area (Å²) in [6.45, 7) is 5.75. The zero-order valence-corrected chi connectivity index (χ0v) is 18.5. The van der Waals surface area contributed by atoms with Crippen molar-refractivity contribution in [3.8, 4) is 11.5 Å². The molecule has 0 amide bonds. The molecule has 0 aliphatic heterocycles. The molecule has 8 heteroatoms. The fraction of sp³-hybridized carbons (Fsp3) is 0.273. The number of ether oxygens (including phenoxy) is 1. The van der Waals surface area contributed by atoms with Crippen LogP contribution in [-0.4, -0.2) is 36.4 Å². The summed E-state index contributed by atoms with van der Waals surface area (Å²) in [5, 5.41) is 23.9. The summed E-state index contributed by atoms with van der Waals surface area (Å²) < 4.78 is 5.25. The van der Waals surface area contributed by atoms with Gasteiger partial charge >= 0.3 is 0 Å². The largest absolute Gasteiger partial charge is 0.506 e. The van der Waals surface area contributed by atoms with E-state index in [0.29, 0.717) is 34.2 Å². The highest BCUT2D eigenvalue weighted by molar-refractivity contribution is 6.36. The van der Waals surface area contributed by atoms with Crippen molar-refractivity contribution < 1.29 is 19.7 Å². The summed E-state index contributed by atoms with van der Waals surface area (Å²) in [5.74, 6) is 0.521. The Bertz CT molecular complexity index is 849. The Morgan fingerprint density at radius 2 is 1.87 bits per heavy atom. The molecule has 6 nitrogen and oxygen atoms in total. The van der Waals surface area contributed by atoms with Gasteiger partial charge in [0.05, 0.1) is 0 Å². The van der Waals surface area contributed by atoms with E-state index in [-0.39, 0.29) is 12.4 Å². The van der Waals surface area contributed by atoms with E-state index in [1.54, 1.807) is 30.5 Å². The second-order valence-corrected chi connectivity index (χ2v) is 6.77. The van der Waals surface area contributed by atoms with Gasteiger partial charge in [-0.05, 0) is 41.8 Å². The summed E-state index contributed by atoms with van der Waals surface area (Å²) in [7, 11) is 1.00. The summed E-state index contributed by atoms with van der Waals surface area (Å²) in [4.78, 5) is 10.4. The van der Waals surface area contributed by atoms with Crippen LogP contribution in [0.4, 0.5) is 5.69 Å². The number of phenols is 1. The fourth-order valence-corrected chi connectivity index (χ4v) is 3.11. The number of aldehydes is 1. The number of unbranched alkanes of at least 4 members (excludes halogenated alkanes) is 1. The second kappa shape index (κ2) is 13.6. The van der Waals surface area contributed by atoms with Crippen LogP contribution >= 0.6 is 23.2 Å². The Morgan fingerprint density at radius 1 is 1.20 bits per heavy atom. The molecule has 2 aromatic carbocycles. The van der Waals surface area contributed by atoms with Gasteiger partial charge in [0.15, 0.2) is 6.29 Å². The minimum atomic E-state index is -0.0662. The molecule has 162 valence electrons. The van der Waals surface area contributed by atoms with E-state index in [2.05, 4.69) is 18.6 Å². The highest BCUT2D eigenvalue weighted by atomic mass is 35.5. The van der Waals surface area contributed by atoms with Gasteiger partial charge in [-0.25, -0.2) is 5.01 Å². The fourth-order valence-electron chi connectivity index (χ4n) is 2.51. The second-order valence-electron chi connectivity index (χ2n) is 5.96. The summed E-state index contributed by atoms with van der Waals surface area (Å²) in [6.07, 6.45) is 6.22. The zero-order valence-electron chi connectivity index (χ0n) is 17.0. The SMILES string of the molecule is C=CN(/N=C\CCC)c1cc(Cc2c(Cl)cc(OCC=O)cc2Cl)ccc1O.CO. The molecular weight excluding hydrogens is 427 g/mol. The van der Waals surface area contributed by atoms with Crippen LogP contribution in [0.15, 0.2) is 48.2 Å². The van der Waals surface area contributed by atoms with Crippen molar-refractivity contribution in [2.75, 3.05) is 18.7 Å². The Kier molecular flexibility index (Phi) is 11.6. The van der Waals surface area contributed by atoms with Crippen molar-refractivity contribution in [3.05, 3.63) is 64.3 Å². The lowest BCUT2D eigenvalue weighted by Crippen LogP contribution is -2.08. The van der Waals surface area contributed by atoms with Crippen LogP contribution in [0.1, 0.15) is 30.9 Å². The predicted molar refractivity (Wildman–Crippen MR) is 123 cm³/mol. The van der Waals surface area contributed by atoms with Crippen molar-refractivity contribution >= 4 is 41.4 Å². The average Bonchev–Trinajstić information content (AvgIpc) is 2.75. The standard InChI is InChI=1S/C21H22Cl2N2O3.CH4O/c1-3-5-8-24-25(4-2)20-12-15(6-7-21(20)27)11-17-18(22)13-16(14-19(17)23)28-10-9-26;1-2/h4,6-9,12-14,27H,2-3,5,10-11H2,1H3;2H,1H3/b24-8-;. The minimum absolute atomic E-state index is 0.0662. The van der Waals surface area contributed by atoms with E-state index in [9.17, 15) is 9.90 Å². The molecule has 0 atom stereocenters. The number of hydrazone groups is 1. The molecule has 0 aromatic heterocycles. The van der Waals surface area contributed by atoms with Crippen LogP contribution in [0.2, 0.25) is 10.0 Å². The molecule has 0 aliphatic rings. The van der Waals surface area contributed by atoms with Crippen LogP contribution < -0.4 is 9.75 Å². The molecule has 0 radical (unpaired) electrons. The third kappa shape index (κ3) is 7.37. The summed E-state index contributed by atoms with van der Waals surface area (Å²) >= 11 is 12.7. The van der Waals surface area contributed by atoms with E-state index in [1.165, 1.54) is 11.2 Å². The number of phenolic OH excluding ortho intramolecular Hbond substituents is 1. The summed E-state index contributed by atoms with van der Waals surface area (Å²) in [6, 6.07) is 8.44.